The van der Waals surface area contributed by atoms with Gasteiger partial charge in [-0.05, 0) is 49.1 Å². The molecule has 1 aliphatic carbocycles. The van der Waals surface area contributed by atoms with Crippen LogP contribution in [0.5, 0.6) is 0 Å². The van der Waals surface area contributed by atoms with Crippen molar-refractivity contribution < 1.29 is 4.79 Å². The van der Waals surface area contributed by atoms with Crippen LogP contribution in [0.3, 0.4) is 0 Å². The summed E-state index contributed by atoms with van der Waals surface area (Å²) in [7, 11) is 0. The van der Waals surface area contributed by atoms with Gasteiger partial charge in [-0.2, -0.15) is 5.10 Å². The zero-order chi connectivity index (χ0) is 14.7. The number of aryl methyl sites for hydroxylation is 1. The maximum Gasteiger partial charge on any atom is 0.271 e. The van der Waals surface area contributed by atoms with Crippen molar-refractivity contribution in [2.45, 2.75) is 19.3 Å². The van der Waals surface area contributed by atoms with E-state index < -0.39 is 0 Å². The minimum atomic E-state index is -0.182. The fourth-order valence-corrected chi connectivity index (χ4v) is 2.77. The number of carbonyl (C=O) groups is 1. The normalized spacial score (nSPS) is 15.6. The Labute approximate surface area is 132 Å². The lowest BCUT2D eigenvalue weighted by molar-refractivity contribution is 0.0954. The molecule has 0 saturated carbocycles. The van der Waals surface area contributed by atoms with Crippen LogP contribution in [0, 0.1) is 0 Å². The second-order valence-electron chi connectivity index (χ2n) is 5.02. The molecule has 106 valence electrons. The Kier molecular flexibility index (Phi) is 4.15. The maximum absolute atomic E-state index is 12.1. The molecule has 0 bridgehead atoms. The second-order valence-corrected chi connectivity index (χ2v) is 5.93. The van der Waals surface area contributed by atoms with Gasteiger partial charge in [0.1, 0.15) is 0 Å². The predicted octanol–water partition coefficient (Wildman–Crippen LogP) is 3.92. The Hall–Kier alpha value is -1.94. The van der Waals surface area contributed by atoms with Gasteiger partial charge in [-0.1, -0.05) is 40.2 Å². The second kappa shape index (κ2) is 6.22. The first kappa shape index (κ1) is 14.0. The number of nitrogens with zero attached hydrogens (tertiary/aromatic N) is 1. The molecule has 0 saturated heterocycles. The molecule has 0 heterocycles. The molecule has 3 rings (SSSR count). The van der Waals surface area contributed by atoms with Crippen LogP contribution in [0.25, 0.3) is 0 Å². The average molecular weight is 343 g/mol. The van der Waals surface area contributed by atoms with Gasteiger partial charge >= 0.3 is 0 Å². The van der Waals surface area contributed by atoms with E-state index in [4.69, 9.17) is 0 Å². The first-order valence-electron chi connectivity index (χ1n) is 6.95. The van der Waals surface area contributed by atoms with Crippen molar-refractivity contribution in [2.24, 2.45) is 5.10 Å². The highest BCUT2D eigenvalue weighted by atomic mass is 79.9. The number of halogens is 1. The Bertz CT molecular complexity index is 692. The molecular formula is C17H15BrN2O. The van der Waals surface area contributed by atoms with Crippen molar-refractivity contribution in [1.82, 2.24) is 5.43 Å². The van der Waals surface area contributed by atoms with E-state index in [-0.39, 0.29) is 5.91 Å². The molecule has 0 atom stereocenters. The molecule has 21 heavy (non-hydrogen) atoms. The quantitative estimate of drug-likeness (QED) is 0.825. The standard InChI is InChI=1S/C17H15BrN2O/c18-14-10-8-13(9-11-14)17(21)20-19-16-7-3-5-12-4-1-2-6-15(12)16/h1-2,4,6,8-11H,3,5,7H2,(H,20,21)/b19-16-. The third-order valence-corrected chi connectivity index (χ3v) is 4.12. The third kappa shape index (κ3) is 3.22. The molecule has 0 radical (unpaired) electrons. The molecule has 4 heteroatoms. The fraction of sp³-hybridized carbons (Fsp3) is 0.176. The lowest BCUT2D eigenvalue weighted by atomic mass is 9.90. The molecular weight excluding hydrogens is 328 g/mol. The summed E-state index contributed by atoms with van der Waals surface area (Å²) in [6.45, 7) is 0. The number of amides is 1. The summed E-state index contributed by atoms with van der Waals surface area (Å²) in [6.07, 6.45) is 3.05. The molecule has 2 aromatic carbocycles. The monoisotopic (exact) mass is 342 g/mol. The topological polar surface area (TPSA) is 41.5 Å². The summed E-state index contributed by atoms with van der Waals surface area (Å²) in [5.41, 5.74) is 6.69. The van der Waals surface area contributed by atoms with Gasteiger partial charge in [0, 0.05) is 15.6 Å². The van der Waals surface area contributed by atoms with E-state index in [1.54, 1.807) is 12.1 Å². The van der Waals surface area contributed by atoms with E-state index >= 15 is 0 Å². The minimum absolute atomic E-state index is 0.182. The number of fused-ring (bicyclic) bond motifs is 1. The molecule has 1 N–H and O–H groups in total. The van der Waals surface area contributed by atoms with E-state index in [1.165, 1.54) is 5.56 Å². The van der Waals surface area contributed by atoms with Crippen LogP contribution in [-0.2, 0) is 6.42 Å². The van der Waals surface area contributed by atoms with Crippen molar-refractivity contribution in [2.75, 3.05) is 0 Å². The maximum atomic E-state index is 12.1. The van der Waals surface area contributed by atoms with Gasteiger partial charge in [-0.25, -0.2) is 5.43 Å². The number of hydrazone groups is 1. The number of nitrogens with one attached hydrogen (secondary N) is 1. The van der Waals surface area contributed by atoms with E-state index in [0.29, 0.717) is 5.56 Å². The van der Waals surface area contributed by atoms with Gasteiger partial charge in [0.2, 0.25) is 0 Å². The van der Waals surface area contributed by atoms with Crippen LogP contribution < -0.4 is 5.43 Å². The lowest BCUT2D eigenvalue weighted by Gasteiger charge is -2.17. The number of benzene rings is 2. The molecule has 1 amide bonds. The Balaban J connectivity index is 1.78. The fourth-order valence-electron chi connectivity index (χ4n) is 2.50. The SMILES string of the molecule is O=C(N/N=C1/CCCc2ccccc21)c1ccc(Br)cc1. The van der Waals surface area contributed by atoms with Gasteiger partial charge in [0.05, 0.1) is 5.71 Å². The van der Waals surface area contributed by atoms with Crippen LogP contribution >= 0.6 is 15.9 Å². The number of hydrogen-bond acceptors (Lipinski definition) is 2. The Morgan fingerprint density at radius 2 is 1.81 bits per heavy atom. The van der Waals surface area contributed by atoms with E-state index in [2.05, 4.69) is 38.6 Å². The summed E-state index contributed by atoms with van der Waals surface area (Å²) in [4.78, 5) is 12.1. The molecule has 2 aromatic rings. The largest absolute Gasteiger partial charge is 0.271 e. The van der Waals surface area contributed by atoms with Crippen molar-refractivity contribution >= 4 is 27.5 Å². The summed E-state index contributed by atoms with van der Waals surface area (Å²) in [6, 6.07) is 15.5. The third-order valence-electron chi connectivity index (χ3n) is 3.59. The highest BCUT2D eigenvalue weighted by molar-refractivity contribution is 9.10. The number of hydrogen-bond donors (Lipinski definition) is 1. The number of rotatable bonds is 2. The van der Waals surface area contributed by atoms with Crippen molar-refractivity contribution in [3.05, 3.63) is 69.7 Å². The van der Waals surface area contributed by atoms with Crippen LogP contribution in [0.4, 0.5) is 0 Å². The van der Waals surface area contributed by atoms with Gasteiger partial charge in [-0.15, -0.1) is 0 Å². The van der Waals surface area contributed by atoms with Crippen molar-refractivity contribution in [1.29, 1.82) is 0 Å². The van der Waals surface area contributed by atoms with E-state index in [0.717, 1.165) is 35.0 Å². The van der Waals surface area contributed by atoms with Gasteiger partial charge in [0.25, 0.3) is 5.91 Å². The Morgan fingerprint density at radius 3 is 2.62 bits per heavy atom. The van der Waals surface area contributed by atoms with Gasteiger partial charge < -0.3 is 0 Å². The molecule has 0 spiro atoms. The molecule has 0 unspecified atom stereocenters. The summed E-state index contributed by atoms with van der Waals surface area (Å²) in [5, 5.41) is 4.33. The smallest absolute Gasteiger partial charge is 0.267 e. The summed E-state index contributed by atoms with van der Waals surface area (Å²) < 4.78 is 0.951. The zero-order valence-corrected chi connectivity index (χ0v) is 13.1. The highest BCUT2D eigenvalue weighted by Gasteiger charge is 2.15. The molecule has 0 aromatic heterocycles. The van der Waals surface area contributed by atoms with Crippen molar-refractivity contribution in [3.63, 3.8) is 0 Å². The van der Waals surface area contributed by atoms with Crippen LogP contribution in [0.2, 0.25) is 0 Å². The van der Waals surface area contributed by atoms with Gasteiger partial charge in [-0.3, -0.25) is 4.79 Å². The first-order chi connectivity index (χ1) is 10.2. The summed E-state index contributed by atoms with van der Waals surface area (Å²) in [5.74, 6) is -0.182. The molecule has 0 fully saturated rings. The molecule has 0 aliphatic heterocycles. The minimum Gasteiger partial charge on any atom is -0.267 e. The zero-order valence-electron chi connectivity index (χ0n) is 11.5. The van der Waals surface area contributed by atoms with Crippen molar-refractivity contribution in [3.8, 4) is 0 Å². The molecule has 1 aliphatic rings. The average Bonchev–Trinajstić information content (AvgIpc) is 2.53. The van der Waals surface area contributed by atoms with Crippen LogP contribution in [0.15, 0.2) is 58.1 Å². The summed E-state index contributed by atoms with van der Waals surface area (Å²) >= 11 is 3.35. The van der Waals surface area contributed by atoms with Gasteiger partial charge in [0.15, 0.2) is 0 Å². The lowest BCUT2D eigenvalue weighted by Crippen LogP contribution is -2.22. The van der Waals surface area contributed by atoms with Crippen LogP contribution in [0.1, 0.15) is 34.3 Å². The molecule has 3 nitrogen and oxygen atoms in total. The number of carbonyl (C=O) groups excluding carboxylic acids is 1. The highest BCUT2D eigenvalue weighted by Crippen LogP contribution is 2.21. The van der Waals surface area contributed by atoms with Crippen LogP contribution in [-0.4, -0.2) is 11.6 Å². The predicted molar refractivity (Wildman–Crippen MR) is 87.5 cm³/mol. The first-order valence-corrected chi connectivity index (χ1v) is 7.74. The van der Waals surface area contributed by atoms with E-state index in [1.807, 2.05) is 24.3 Å². The van der Waals surface area contributed by atoms with E-state index in [9.17, 15) is 4.79 Å². The Morgan fingerprint density at radius 1 is 1.05 bits per heavy atom.